The smallest absolute Gasteiger partial charge is 0.337 e. The normalized spacial score (nSPS) is 11.5. The van der Waals surface area contributed by atoms with Crippen molar-refractivity contribution < 1.29 is 35.6 Å². The van der Waals surface area contributed by atoms with Crippen LogP contribution in [-0.2, 0) is 8.85 Å². The first-order chi connectivity index (χ1) is 11.7. The molecule has 11 heteroatoms. The molecule has 0 aliphatic heterocycles. The fraction of sp³-hybridized carbons (Fsp3) is 0.500. The van der Waals surface area contributed by atoms with E-state index < -0.39 is 49.4 Å². The minimum atomic E-state index is -2.34. The van der Waals surface area contributed by atoms with E-state index >= 15 is 0 Å². The zero-order valence-electron chi connectivity index (χ0n) is 13.9. The molecule has 2 amide bonds. The molecule has 1 rings (SSSR count). The number of rotatable bonds is 8. The molecule has 5 nitrogen and oxygen atoms in total. The molecule has 0 heterocycles. The van der Waals surface area contributed by atoms with Gasteiger partial charge in [-0.05, 0) is 18.5 Å². The lowest BCUT2D eigenvalue weighted by Gasteiger charge is -2.25. The van der Waals surface area contributed by atoms with Gasteiger partial charge in [0, 0.05) is 20.8 Å². The first-order valence-corrected chi connectivity index (χ1v) is 9.62. The molecule has 0 aliphatic rings. The number of carbonyl (C=O) groups excluding carboxylic acids is 1. The van der Waals surface area contributed by atoms with Crippen molar-refractivity contribution in [2.75, 3.05) is 26.1 Å². The molecule has 0 saturated heterocycles. The Bertz CT molecular complexity index is 592. The minimum absolute atomic E-state index is 0.0999. The van der Waals surface area contributed by atoms with Crippen LogP contribution in [0.3, 0.4) is 0 Å². The lowest BCUT2D eigenvalue weighted by molar-refractivity contribution is 0.240. The van der Waals surface area contributed by atoms with Crippen molar-refractivity contribution in [2.24, 2.45) is 0 Å². The number of anilines is 1. The third kappa shape index (κ3) is 4.89. The molecule has 0 radical (unpaired) electrons. The average Bonchev–Trinajstić information content (AvgIpc) is 2.62. The molecule has 0 atom stereocenters. The number of benzene rings is 1. The molecule has 1 aromatic carbocycles. The van der Waals surface area contributed by atoms with Crippen molar-refractivity contribution in [1.82, 2.24) is 5.32 Å². The third-order valence-electron chi connectivity index (χ3n) is 3.75. The topological polar surface area (TPSA) is 59.6 Å². The Labute approximate surface area is 142 Å². The van der Waals surface area contributed by atoms with Gasteiger partial charge in [-0.3, -0.25) is 0 Å². The van der Waals surface area contributed by atoms with Crippen LogP contribution in [0.15, 0.2) is 0 Å². The fourth-order valence-corrected chi connectivity index (χ4v) is 4.41. The minimum Gasteiger partial charge on any atom is -0.398 e. The Hall–Kier alpha value is -1.72. The quantitative estimate of drug-likeness (QED) is 0.236. The molecule has 0 unspecified atom stereocenters. The van der Waals surface area contributed by atoms with E-state index in [0.717, 1.165) is 0 Å². The van der Waals surface area contributed by atoms with Crippen molar-refractivity contribution in [3.63, 3.8) is 0 Å². The molecule has 0 saturated carbocycles. The van der Waals surface area contributed by atoms with E-state index in [4.69, 9.17) is 8.85 Å². The summed E-state index contributed by atoms with van der Waals surface area (Å²) in [6.07, 6.45) is 0.451. The van der Waals surface area contributed by atoms with Gasteiger partial charge in [0.15, 0.2) is 23.3 Å². The number of carbonyl (C=O) groups is 1. The Balaban J connectivity index is 2.65. The largest absolute Gasteiger partial charge is 0.398 e. The summed E-state index contributed by atoms with van der Waals surface area (Å²) in [5.74, 6) is -10.8. The molecular weight excluding hydrogens is 367 g/mol. The van der Waals surface area contributed by atoms with Crippen LogP contribution >= 0.6 is 0 Å². The van der Waals surface area contributed by atoms with Gasteiger partial charge in [-0.25, -0.2) is 26.7 Å². The summed E-state index contributed by atoms with van der Waals surface area (Å²) in [5.41, 5.74) is -1.40. The van der Waals surface area contributed by atoms with Gasteiger partial charge in [0.25, 0.3) is 0 Å². The zero-order valence-corrected chi connectivity index (χ0v) is 14.9. The first kappa shape index (κ1) is 21.3. The van der Waals surface area contributed by atoms with Gasteiger partial charge in [0.2, 0.25) is 5.82 Å². The van der Waals surface area contributed by atoms with Crippen LogP contribution in [0.5, 0.6) is 0 Å². The lowest BCUT2D eigenvalue weighted by Crippen LogP contribution is -2.40. The Morgan fingerprint density at radius 1 is 0.960 bits per heavy atom. The van der Waals surface area contributed by atoms with E-state index in [1.54, 1.807) is 5.32 Å². The van der Waals surface area contributed by atoms with E-state index in [9.17, 15) is 26.7 Å². The van der Waals surface area contributed by atoms with Crippen LogP contribution < -0.4 is 10.6 Å². The van der Waals surface area contributed by atoms with Crippen LogP contribution in [0.2, 0.25) is 12.1 Å². The van der Waals surface area contributed by atoms with E-state index in [1.807, 2.05) is 6.92 Å². The maximum absolute atomic E-state index is 13.5. The van der Waals surface area contributed by atoms with Crippen molar-refractivity contribution in [3.05, 3.63) is 29.1 Å². The zero-order chi connectivity index (χ0) is 19.2. The number of amides is 2. The summed E-state index contributed by atoms with van der Waals surface area (Å²) in [6, 6.07) is 0.151. The second-order valence-electron chi connectivity index (χ2n) is 5.10. The maximum atomic E-state index is 13.5. The van der Waals surface area contributed by atoms with Crippen molar-refractivity contribution in [1.29, 1.82) is 0 Å². The highest BCUT2D eigenvalue weighted by molar-refractivity contribution is 6.67. The molecular formula is C14H19F5N2O3Si. The summed E-state index contributed by atoms with van der Waals surface area (Å²) < 4.78 is 76.7. The van der Waals surface area contributed by atoms with Gasteiger partial charge >= 0.3 is 14.6 Å². The van der Waals surface area contributed by atoms with Gasteiger partial charge in [-0.1, -0.05) is 6.92 Å². The van der Waals surface area contributed by atoms with Crippen LogP contribution in [0, 0.1) is 29.1 Å². The molecule has 25 heavy (non-hydrogen) atoms. The average molecular weight is 386 g/mol. The van der Waals surface area contributed by atoms with Gasteiger partial charge < -0.3 is 19.5 Å². The van der Waals surface area contributed by atoms with E-state index in [2.05, 4.69) is 5.32 Å². The van der Waals surface area contributed by atoms with E-state index in [1.165, 1.54) is 14.2 Å². The van der Waals surface area contributed by atoms with Crippen molar-refractivity contribution in [2.45, 2.75) is 25.4 Å². The Morgan fingerprint density at radius 3 is 1.88 bits per heavy atom. The highest BCUT2D eigenvalue weighted by Gasteiger charge is 2.32. The first-order valence-electron chi connectivity index (χ1n) is 7.39. The Kier molecular flexibility index (Phi) is 7.77. The summed E-state index contributed by atoms with van der Waals surface area (Å²) in [5, 5.41) is 3.90. The molecule has 0 aromatic heterocycles. The highest BCUT2D eigenvalue weighted by Crippen LogP contribution is 2.27. The fourth-order valence-electron chi connectivity index (χ4n) is 2.18. The van der Waals surface area contributed by atoms with E-state index in [0.29, 0.717) is 18.5 Å². The molecule has 0 fully saturated rings. The van der Waals surface area contributed by atoms with E-state index in [-0.39, 0.29) is 6.54 Å². The summed E-state index contributed by atoms with van der Waals surface area (Å²) in [6.45, 7) is 2.01. The molecule has 0 spiro atoms. The molecule has 0 aliphatic carbocycles. The van der Waals surface area contributed by atoms with Gasteiger partial charge in [0.05, 0.1) is 0 Å². The third-order valence-corrected chi connectivity index (χ3v) is 7.43. The monoisotopic (exact) mass is 386 g/mol. The molecule has 2 N–H and O–H groups in total. The number of urea groups is 1. The summed E-state index contributed by atoms with van der Waals surface area (Å²) in [7, 11) is 0.725. The molecule has 1 aromatic rings. The second kappa shape index (κ2) is 9.11. The lowest BCUT2D eigenvalue weighted by atomic mass is 10.2. The second-order valence-corrected chi connectivity index (χ2v) is 8.95. The highest BCUT2D eigenvalue weighted by atomic mass is 28.4. The van der Waals surface area contributed by atoms with Gasteiger partial charge in [0.1, 0.15) is 5.69 Å². The summed E-state index contributed by atoms with van der Waals surface area (Å²) in [4.78, 5) is 11.6. The standard InChI is InChI=1S/C14H19F5N2O3Si/c1-4-25(23-2,24-3)7-5-6-20-14(22)21-13-11(18)9(16)8(15)10(17)12(13)19/h4-7H2,1-3H3,(H2,20,21,22). The van der Waals surface area contributed by atoms with Crippen LogP contribution in [0.4, 0.5) is 32.4 Å². The number of halogens is 5. The SMILES string of the molecule is CC[Si](CCCNC(=O)Nc1c(F)c(F)c(F)c(F)c1F)(OC)OC. The van der Waals surface area contributed by atoms with Crippen LogP contribution in [0.1, 0.15) is 13.3 Å². The van der Waals surface area contributed by atoms with Gasteiger partial charge in [-0.15, -0.1) is 0 Å². The van der Waals surface area contributed by atoms with Crippen molar-refractivity contribution in [3.8, 4) is 0 Å². The van der Waals surface area contributed by atoms with Crippen LogP contribution in [-0.4, -0.2) is 35.4 Å². The molecule has 142 valence electrons. The predicted octanol–water partition coefficient (Wildman–Crippen LogP) is 3.65. The van der Waals surface area contributed by atoms with Gasteiger partial charge in [-0.2, -0.15) is 0 Å². The summed E-state index contributed by atoms with van der Waals surface area (Å²) >= 11 is 0. The predicted molar refractivity (Wildman–Crippen MR) is 82.9 cm³/mol. The van der Waals surface area contributed by atoms with Crippen molar-refractivity contribution >= 4 is 20.3 Å². The molecule has 0 bridgehead atoms. The number of hydrogen-bond donors (Lipinski definition) is 2. The number of nitrogens with one attached hydrogen (secondary N) is 2. The van der Waals surface area contributed by atoms with Crippen LogP contribution in [0.25, 0.3) is 0 Å². The Morgan fingerprint density at radius 2 is 1.44 bits per heavy atom. The number of hydrogen-bond acceptors (Lipinski definition) is 3. The maximum Gasteiger partial charge on any atom is 0.337 e.